The second-order valence-corrected chi connectivity index (χ2v) is 16.6. The molecule has 0 saturated heterocycles. The normalized spacial score (nSPS) is 13.4. The molecule has 0 heterocycles. The van der Waals surface area contributed by atoms with E-state index in [-0.39, 0.29) is 10.9 Å². The average molecular weight is 942 g/mol. The van der Waals surface area contributed by atoms with E-state index in [9.17, 15) is 57.5 Å². The number of hydrogen-bond donors (Lipinski definition) is 0. The number of carbonyl (C=O) groups is 1. The molecule has 1 aliphatic rings. The number of ketones is 1. The summed E-state index contributed by atoms with van der Waals surface area (Å²) in [6.45, 7) is 0. The Kier molecular flexibility index (Phi) is 14.3. The van der Waals surface area contributed by atoms with Crippen molar-refractivity contribution in [2.45, 2.75) is 38.0 Å². The molecule has 1 fully saturated rings. The van der Waals surface area contributed by atoms with Gasteiger partial charge in [-0.25, -0.2) is 87.8 Å². The highest BCUT2D eigenvalue weighted by Crippen LogP contribution is 2.33. The minimum absolute atomic E-state index is 0.195. The predicted octanol–water partition coefficient (Wildman–Crippen LogP) is 9.64. The van der Waals surface area contributed by atoms with Gasteiger partial charge in [-0.1, -0.05) is 43.5 Å². The van der Waals surface area contributed by atoms with Gasteiger partial charge in [0.2, 0.25) is 5.78 Å². The molecule has 0 aliphatic heterocycles. The third-order valence-corrected chi connectivity index (χ3v) is 11.3. The third kappa shape index (κ3) is 8.13. The highest BCUT2D eigenvalue weighted by molar-refractivity contribution is 7.96. The number of benzene rings is 5. The van der Waals surface area contributed by atoms with Crippen LogP contribution in [0.1, 0.15) is 53.9 Å². The van der Waals surface area contributed by atoms with Gasteiger partial charge < -0.3 is 0 Å². The lowest BCUT2D eigenvalue weighted by atomic mass is 9.12. The molecule has 5 aromatic rings. The van der Waals surface area contributed by atoms with E-state index in [4.69, 9.17) is 0 Å². The van der Waals surface area contributed by atoms with Crippen LogP contribution >= 0.6 is 0 Å². The molecular formula is C40H23BF20OS. The summed E-state index contributed by atoms with van der Waals surface area (Å²) in [5, 5.41) is 0. The second-order valence-electron chi connectivity index (χ2n) is 14.3. The quantitative estimate of drug-likeness (QED) is 0.0379. The Bertz CT molecular complexity index is 2250. The highest BCUT2D eigenvalue weighted by Gasteiger charge is 2.52. The fourth-order valence-corrected chi connectivity index (χ4v) is 8.29. The zero-order valence-corrected chi connectivity index (χ0v) is 32.4. The van der Waals surface area contributed by atoms with Crippen molar-refractivity contribution >= 4 is 44.7 Å². The van der Waals surface area contributed by atoms with Crippen LogP contribution in [0.3, 0.4) is 0 Å². The van der Waals surface area contributed by atoms with E-state index in [2.05, 4.69) is 24.6 Å². The summed E-state index contributed by atoms with van der Waals surface area (Å²) in [6.07, 6.45) is 3.77. The Hall–Kier alpha value is -5.22. The molecule has 0 aromatic heterocycles. The molecular weight excluding hydrogens is 919 g/mol. The lowest BCUT2D eigenvalue weighted by Gasteiger charge is -2.44. The van der Waals surface area contributed by atoms with E-state index in [0.29, 0.717) is 11.5 Å². The smallest absolute Gasteiger partial charge is 0.211 e. The summed E-state index contributed by atoms with van der Waals surface area (Å²) >= 11 is 0. The maximum absolute atomic E-state index is 15.4. The lowest BCUT2D eigenvalue weighted by molar-refractivity contribution is 0.102. The molecule has 23 heteroatoms. The molecule has 0 unspecified atom stereocenters. The van der Waals surface area contributed by atoms with Gasteiger partial charge in [0.1, 0.15) is 52.7 Å². The van der Waals surface area contributed by atoms with Gasteiger partial charge in [0.15, 0.2) is 75.6 Å². The molecule has 338 valence electrons. The van der Waals surface area contributed by atoms with E-state index in [1.807, 2.05) is 12.1 Å². The zero-order chi connectivity index (χ0) is 47.3. The maximum atomic E-state index is 15.4. The fraction of sp³-hybridized carbons (Fsp3) is 0.225. The van der Waals surface area contributed by atoms with Crippen molar-refractivity contribution in [3.63, 3.8) is 0 Å². The third-order valence-electron chi connectivity index (χ3n) is 10.4. The van der Waals surface area contributed by atoms with Crippen molar-refractivity contribution in [2.75, 3.05) is 18.3 Å². The first-order valence-corrected chi connectivity index (χ1v) is 20.0. The molecule has 1 nitrogen and oxygen atoms in total. The first-order chi connectivity index (χ1) is 29.4. The van der Waals surface area contributed by atoms with Crippen LogP contribution in [0.15, 0.2) is 24.3 Å². The molecule has 0 atom stereocenters. The Morgan fingerprint density at radius 3 is 0.889 bits per heavy atom. The number of rotatable bonds is 8. The molecule has 0 radical (unpaired) electrons. The number of hydrogen-bond acceptors (Lipinski definition) is 1. The summed E-state index contributed by atoms with van der Waals surface area (Å²) in [6, 6.07) is 8.40. The Labute approximate surface area is 345 Å². The highest BCUT2D eigenvalue weighted by atomic mass is 32.2. The maximum Gasteiger partial charge on any atom is 0.211 e. The number of halogens is 20. The van der Waals surface area contributed by atoms with Gasteiger partial charge in [-0.15, -0.1) is 21.9 Å². The van der Waals surface area contributed by atoms with Gasteiger partial charge in [-0.3, -0.25) is 4.79 Å². The summed E-state index contributed by atoms with van der Waals surface area (Å²) in [5.74, 6) is -69.7. The molecule has 1 saturated carbocycles. The van der Waals surface area contributed by atoms with Crippen molar-refractivity contribution < 1.29 is 92.6 Å². The second kappa shape index (κ2) is 18.5. The summed E-state index contributed by atoms with van der Waals surface area (Å²) in [4.78, 5) is 11.9. The Morgan fingerprint density at radius 2 is 0.651 bits per heavy atom. The van der Waals surface area contributed by atoms with Gasteiger partial charge in [-0.2, -0.15) is 0 Å². The zero-order valence-electron chi connectivity index (χ0n) is 31.6. The molecule has 6 rings (SSSR count). The summed E-state index contributed by atoms with van der Waals surface area (Å²) < 4.78 is 294. The first kappa shape index (κ1) is 48.8. The SMILES string of the molecule is C[S+](C)CC(=O)c1ccc(C2CCCCC2)cc1.Fc1c(F)c(F)c([B-](c2c(F)c(F)c(F)c(F)c2F)(c2c(F)c(F)c(F)c(F)c2F)c2c(F)c(F)c(F)c(F)c2F)c(F)c1F. The minimum Gasteiger partial charge on any atom is -0.289 e. The van der Waals surface area contributed by atoms with Crippen molar-refractivity contribution in [1.82, 2.24) is 0 Å². The van der Waals surface area contributed by atoms with Crippen molar-refractivity contribution in [3.8, 4) is 0 Å². The topological polar surface area (TPSA) is 17.1 Å². The average Bonchev–Trinajstić information content (AvgIpc) is 3.26. The summed E-state index contributed by atoms with van der Waals surface area (Å²) in [5.41, 5.74) is -12.0. The van der Waals surface area contributed by atoms with Crippen LogP contribution in [-0.2, 0) is 10.9 Å². The van der Waals surface area contributed by atoms with Crippen LogP contribution in [0.5, 0.6) is 0 Å². The molecule has 63 heavy (non-hydrogen) atoms. The van der Waals surface area contributed by atoms with Crippen LogP contribution in [-0.4, -0.2) is 30.2 Å². The van der Waals surface area contributed by atoms with E-state index < -0.39 is 144 Å². The molecule has 0 bridgehead atoms. The standard InChI is InChI=1S/C24BF20.C16H23OS/c26-5-1(6(27)14(35)21(42)13(5)34)25(2-7(28)15(36)22(43)16(37)8(2)29,3-9(30)17(38)23(44)18(39)10(3)31)4-11(32)19(40)24(45)20(41)12(4)33;1-18(2)12-16(17)15-10-8-14(9-11-15)13-6-4-3-5-7-13/h;8-11,13H,3-7,12H2,1-2H3/q-1;+1. The van der Waals surface area contributed by atoms with Gasteiger partial charge >= 0.3 is 0 Å². The van der Waals surface area contributed by atoms with E-state index in [1.165, 1.54) is 37.7 Å². The lowest BCUT2D eigenvalue weighted by Crippen LogP contribution is -2.81. The number of Topliss-reactive ketones (excluding diaryl/α,β-unsaturated/α-hetero) is 1. The van der Waals surface area contributed by atoms with Crippen LogP contribution in [0.25, 0.3) is 0 Å². The molecule has 1 aliphatic carbocycles. The predicted molar refractivity (Wildman–Crippen MR) is 190 cm³/mol. The van der Waals surface area contributed by atoms with Gasteiger partial charge in [0.25, 0.3) is 0 Å². The Balaban J connectivity index is 0.000000345. The van der Waals surface area contributed by atoms with Crippen molar-refractivity contribution in [3.05, 3.63) is 152 Å². The van der Waals surface area contributed by atoms with Gasteiger partial charge in [0, 0.05) is 5.56 Å². The molecule has 5 aromatic carbocycles. The van der Waals surface area contributed by atoms with Crippen molar-refractivity contribution in [1.29, 1.82) is 0 Å². The van der Waals surface area contributed by atoms with Crippen LogP contribution < -0.4 is 21.9 Å². The minimum atomic E-state index is -7.22. The van der Waals surface area contributed by atoms with Gasteiger partial charge in [-0.05, 0) is 35.2 Å². The van der Waals surface area contributed by atoms with E-state index in [1.54, 1.807) is 0 Å². The van der Waals surface area contributed by atoms with E-state index in [0.717, 1.165) is 11.5 Å². The van der Waals surface area contributed by atoms with E-state index >= 15 is 35.1 Å². The van der Waals surface area contributed by atoms with Crippen LogP contribution in [0.2, 0.25) is 0 Å². The Morgan fingerprint density at radius 1 is 0.413 bits per heavy atom. The van der Waals surface area contributed by atoms with Crippen LogP contribution in [0.4, 0.5) is 87.8 Å². The first-order valence-electron chi connectivity index (χ1n) is 17.8. The molecule has 0 amide bonds. The summed E-state index contributed by atoms with van der Waals surface area (Å²) in [7, 11) is 0.195. The van der Waals surface area contributed by atoms with Gasteiger partial charge in [0.05, 0.1) is 12.5 Å². The monoisotopic (exact) mass is 942 g/mol. The largest absolute Gasteiger partial charge is 0.289 e. The molecule has 0 spiro atoms. The van der Waals surface area contributed by atoms with Crippen LogP contribution in [0, 0.1) is 116 Å². The molecule has 0 N–H and O–H groups in total. The van der Waals surface area contributed by atoms with Crippen molar-refractivity contribution in [2.24, 2.45) is 0 Å². The fourth-order valence-electron chi connectivity index (χ4n) is 7.60. The number of carbonyl (C=O) groups excluding carboxylic acids is 1.